The van der Waals surface area contributed by atoms with Crippen LogP contribution in [0.3, 0.4) is 0 Å². The molecule has 18 heavy (non-hydrogen) atoms. The third-order valence-corrected chi connectivity index (χ3v) is 3.02. The molecule has 0 radical (unpaired) electrons. The molecule has 2 atom stereocenters. The fourth-order valence-corrected chi connectivity index (χ4v) is 1.26. The lowest BCUT2D eigenvalue weighted by Gasteiger charge is -2.27. The zero-order valence-corrected chi connectivity index (χ0v) is 13.0. The van der Waals surface area contributed by atoms with Gasteiger partial charge in [0.25, 0.3) is 0 Å². The van der Waals surface area contributed by atoms with E-state index in [2.05, 4.69) is 37.9 Å². The molecule has 0 aromatic carbocycles. The van der Waals surface area contributed by atoms with Gasteiger partial charge in [-0.25, -0.2) is 0 Å². The van der Waals surface area contributed by atoms with Gasteiger partial charge in [0.1, 0.15) is 0 Å². The van der Waals surface area contributed by atoms with Crippen LogP contribution in [0.25, 0.3) is 0 Å². The van der Waals surface area contributed by atoms with E-state index in [9.17, 15) is 0 Å². The summed E-state index contributed by atoms with van der Waals surface area (Å²) in [6.07, 6.45) is 3.60. The van der Waals surface area contributed by atoms with Crippen LogP contribution >= 0.6 is 0 Å². The van der Waals surface area contributed by atoms with E-state index >= 15 is 0 Å². The second-order valence-corrected chi connectivity index (χ2v) is 4.95. The van der Waals surface area contributed by atoms with Gasteiger partial charge in [-0.05, 0) is 39.5 Å². The van der Waals surface area contributed by atoms with Crippen molar-refractivity contribution in [2.45, 2.75) is 78.7 Å². The molecule has 0 aliphatic heterocycles. The van der Waals surface area contributed by atoms with Gasteiger partial charge < -0.3 is 9.47 Å². The van der Waals surface area contributed by atoms with Gasteiger partial charge >= 0.3 is 0 Å². The Bertz CT molecular complexity index is 222. The molecule has 108 valence electrons. The van der Waals surface area contributed by atoms with Crippen LogP contribution in [0.4, 0.5) is 0 Å². The van der Waals surface area contributed by atoms with E-state index < -0.39 is 11.4 Å². The monoisotopic (exact) mass is 258 g/mol. The minimum absolute atomic E-state index is 0.526. The van der Waals surface area contributed by atoms with Gasteiger partial charge in [-0.2, -0.15) is 10.2 Å². The van der Waals surface area contributed by atoms with Gasteiger partial charge in [0.15, 0.2) is 11.4 Å². The normalized spacial score (nSPS) is 18.8. The highest BCUT2D eigenvalue weighted by atomic mass is 16.5. The molecule has 0 heterocycles. The third-order valence-electron chi connectivity index (χ3n) is 3.02. The summed E-state index contributed by atoms with van der Waals surface area (Å²) < 4.78 is 11.5. The summed E-state index contributed by atoms with van der Waals surface area (Å²) in [5, 5.41) is 8.77. The van der Waals surface area contributed by atoms with E-state index in [1.54, 1.807) is 0 Å². The average molecular weight is 258 g/mol. The van der Waals surface area contributed by atoms with Crippen LogP contribution < -0.4 is 0 Å². The molecule has 0 fully saturated rings. The molecule has 0 bridgehead atoms. The lowest BCUT2D eigenvalue weighted by molar-refractivity contribution is -0.0614. The zero-order valence-electron chi connectivity index (χ0n) is 13.0. The minimum atomic E-state index is -0.526. The first-order valence-electron chi connectivity index (χ1n) is 7.17. The minimum Gasteiger partial charge on any atom is -0.352 e. The Balaban J connectivity index is 4.61. The van der Waals surface area contributed by atoms with Gasteiger partial charge in [-0.3, -0.25) is 0 Å². The van der Waals surface area contributed by atoms with Crippen molar-refractivity contribution in [1.29, 1.82) is 0 Å². The first-order valence-corrected chi connectivity index (χ1v) is 7.17. The highest BCUT2D eigenvalue weighted by Crippen LogP contribution is 2.24. The van der Waals surface area contributed by atoms with E-state index in [0.29, 0.717) is 13.2 Å². The van der Waals surface area contributed by atoms with Crippen molar-refractivity contribution in [3.63, 3.8) is 0 Å². The topological polar surface area (TPSA) is 43.2 Å². The Morgan fingerprint density at radius 1 is 0.722 bits per heavy atom. The van der Waals surface area contributed by atoms with Gasteiger partial charge in [0.2, 0.25) is 0 Å². The van der Waals surface area contributed by atoms with Crippen LogP contribution in [-0.4, -0.2) is 24.7 Å². The predicted octanol–water partition coefficient (Wildman–Crippen LogP) is 4.54. The molecular weight excluding hydrogens is 228 g/mol. The SMILES string of the molecule is CCCOC(C)(CC)N=NC(C)(CC)OCCC. The Hall–Kier alpha value is -0.480. The summed E-state index contributed by atoms with van der Waals surface area (Å²) in [6, 6.07) is 0. The van der Waals surface area contributed by atoms with E-state index in [4.69, 9.17) is 9.47 Å². The number of nitrogens with zero attached hydrogens (tertiary/aromatic N) is 2. The molecule has 0 spiro atoms. The van der Waals surface area contributed by atoms with Crippen molar-refractivity contribution in [3.05, 3.63) is 0 Å². The standard InChI is InChI=1S/C14H30N2O2/c1-7-11-17-13(5,9-3)15-16-14(6,10-4)18-12-8-2/h7-12H2,1-6H3. The molecule has 4 nitrogen and oxygen atoms in total. The van der Waals surface area contributed by atoms with Gasteiger partial charge in [0.05, 0.1) is 0 Å². The molecule has 0 saturated carbocycles. The summed E-state index contributed by atoms with van der Waals surface area (Å²) in [5.74, 6) is 0. The van der Waals surface area contributed by atoms with Crippen molar-refractivity contribution < 1.29 is 9.47 Å². The largest absolute Gasteiger partial charge is 0.352 e. The molecule has 0 rings (SSSR count). The number of hydrogen-bond donors (Lipinski definition) is 0. The van der Waals surface area contributed by atoms with Crippen molar-refractivity contribution in [2.24, 2.45) is 10.2 Å². The van der Waals surface area contributed by atoms with E-state index in [1.165, 1.54) is 0 Å². The lowest BCUT2D eigenvalue weighted by atomic mass is 10.2. The maximum atomic E-state index is 5.76. The summed E-state index contributed by atoms with van der Waals surface area (Å²) >= 11 is 0. The molecule has 2 unspecified atom stereocenters. The molecule has 0 aromatic rings. The van der Waals surface area contributed by atoms with Crippen molar-refractivity contribution >= 4 is 0 Å². The second kappa shape index (κ2) is 8.59. The molecule has 0 aliphatic rings. The Labute approximate surface area is 112 Å². The van der Waals surface area contributed by atoms with E-state index in [0.717, 1.165) is 25.7 Å². The summed E-state index contributed by atoms with van der Waals surface area (Å²) in [6.45, 7) is 13.7. The maximum absolute atomic E-state index is 5.76. The number of hydrogen-bond acceptors (Lipinski definition) is 4. The van der Waals surface area contributed by atoms with Gasteiger partial charge in [0, 0.05) is 13.2 Å². The van der Waals surface area contributed by atoms with Crippen LogP contribution in [0.15, 0.2) is 10.2 Å². The fourth-order valence-electron chi connectivity index (χ4n) is 1.26. The molecule has 0 aromatic heterocycles. The Morgan fingerprint density at radius 3 is 1.28 bits per heavy atom. The van der Waals surface area contributed by atoms with Crippen LogP contribution in [0.2, 0.25) is 0 Å². The van der Waals surface area contributed by atoms with Crippen LogP contribution in [0.5, 0.6) is 0 Å². The highest BCUT2D eigenvalue weighted by Gasteiger charge is 2.26. The van der Waals surface area contributed by atoms with Crippen LogP contribution in [-0.2, 0) is 9.47 Å². The smallest absolute Gasteiger partial charge is 0.175 e. The molecule has 0 saturated heterocycles. The zero-order chi connectivity index (χ0) is 14.1. The number of ether oxygens (including phenoxy) is 2. The van der Waals surface area contributed by atoms with Crippen LogP contribution in [0.1, 0.15) is 67.2 Å². The van der Waals surface area contributed by atoms with Crippen LogP contribution in [0, 0.1) is 0 Å². The predicted molar refractivity (Wildman–Crippen MR) is 74.7 cm³/mol. The molecule has 0 amide bonds. The molecule has 0 N–H and O–H groups in total. The first kappa shape index (κ1) is 17.5. The molecule has 4 heteroatoms. The maximum Gasteiger partial charge on any atom is 0.175 e. The summed E-state index contributed by atoms with van der Waals surface area (Å²) in [7, 11) is 0. The van der Waals surface area contributed by atoms with Crippen molar-refractivity contribution in [1.82, 2.24) is 0 Å². The quantitative estimate of drug-likeness (QED) is 0.540. The number of rotatable bonds is 10. The first-order chi connectivity index (χ1) is 8.45. The number of azo groups is 1. The fraction of sp³-hybridized carbons (Fsp3) is 1.00. The van der Waals surface area contributed by atoms with E-state index in [1.807, 2.05) is 13.8 Å². The average Bonchev–Trinajstić information content (AvgIpc) is 2.40. The van der Waals surface area contributed by atoms with E-state index in [-0.39, 0.29) is 0 Å². The lowest BCUT2D eigenvalue weighted by Crippen LogP contribution is -2.29. The second-order valence-electron chi connectivity index (χ2n) is 4.95. The summed E-state index contributed by atoms with van der Waals surface area (Å²) in [4.78, 5) is 0. The van der Waals surface area contributed by atoms with Gasteiger partial charge in [-0.1, -0.05) is 27.7 Å². The van der Waals surface area contributed by atoms with Crippen molar-refractivity contribution in [3.8, 4) is 0 Å². The van der Waals surface area contributed by atoms with Crippen molar-refractivity contribution in [2.75, 3.05) is 13.2 Å². The molecule has 0 aliphatic carbocycles. The Morgan fingerprint density at radius 2 is 1.06 bits per heavy atom. The summed E-state index contributed by atoms with van der Waals surface area (Å²) in [5.41, 5.74) is -1.05. The third kappa shape index (κ3) is 6.45. The Kier molecular flexibility index (Phi) is 8.36. The highest BCUT2D eigenvalue weighted by molar-refractivity contribution is 4.73. The van der Waals surface area contributed by atoms with Gasteiger partial charge in [-0.15, -0.1) is 0 Å². The molecular formula is C14H30N2O2.